The minimum absolute atomic E-state index is 0.00407. The highest BCUT2D eigenvalue weighted by Crippen LogP contribution is 2.48. The van der Waals surface area contributed by atoms with Gasteiger partial charge in [0, 0.05) is 31.1 Å². The summed E-state index contributed by atoms with van der Waals surface area (Å²) < 4.78 is 16.4. The Hall–Kier alpha value is -2.78. The molecule has 142 valence electrons. The molecule has 6 nitrogen and oxygen atoms in total. The minimum Gasteiger partial charge on any atom is -0.496 e. The molecule has 0 saturated heterocycles. The van der Waals surface area contributed by atoms with E-state index in [4.69, 9.17) is 19.9 Å². The average Bonchev–Trinajstić information content (AvgIpc) is 2.59. The number of hydrogen-bond acceptors (Lipinski definition) is 6. The number of carbonyl (C=O) groups excluding carboxylic acids is 1. The summed E-state index contributed by atoms with van der Waals surface area (Å²) in [6.45, 7) is 4.40. The van der Waals surface area contributed by atoms with E-state index >= 15 is 0 Å². The molecule has 1 aromatic rings. The molecule has 1 atom stereocenters. The summed E-state index contributed by atoms with van der Waals surface area (Å²) in [5.74, 6) is 0.783. The molecule has 6 heteroatoms. The maximum atomic E-state index is 13.0. The summed E-state index contributed by atoms with van der Waals surface area (Å²) in [6, 6.07) is 7.72. The second kappa shape index (κ2) is 7.09. The van der Waals surface area contributed by atoms with Crippen LogP contribution in [0.3, 0.4) is 0 Å². The van der Waals surface area contributed by atoms with E-state index in [0.717, 1.165) is 11.1 Å². The first-order valence-electron chi connectivity index (χ1n) is 8.81. The van der Waals surface area contributed by atoms with E-state index in [1.165, 1.54) is 0 Å². The standard InChI is InChI=1S/C21H24N2O4/c1-21(2)8-15(24)19-17(9-21)27-20(23)14(10-22)18(19)12-5-6-16(26-4)13(7-12)11-25-3/h5-7,18H,8-9,11,23H2,1-4H3/t18-/m0/s1. The van der Waals surface area contributed by atoms with Crippen LogP contribution in [0.1, 0.15) is 43.7 Å². The second-order valence-corrected chi connectivity index (χ2v) is 7.71. The van der Waals surface area contributed by atoms with E-state index in [2.05, 4.69) is 6.07 Å². The summed E-state index contributed by atoms with van der Waals surface area (Å²) in [5, 5.41) is 9.69. The van der Waals surface area contributed by atoms with E-state index in [1.54, 1.807) is 14.2 Å². The summed E-state index contributed by atoms with van der Waals surface area (Å²) >= 11 is 0. The number of Topliss-reactive ketones (excluding diaryl/α,β-unsaturated/α-hetero) is 1. The lowest BCUT2D eigenvalue weighted by Crippen LogP contribution is -2.33. The normalized spacial score (nSPS) is 21.4. The van der Waals surface area contributed by atoms with Crippen molar-refractivity contribution in [3.63, 3.8) is 0 Å². The van der Waals surface area contributed by atoms with Crippen molar-refractivity contribution in [1.82, 2.24) is 0 Å². The van der Waals surface area contributed by atoms with Gasteiger partial charge in [-0.2, -0.15) is 5.26 Å². The van der Waals surface area contributed by atoms with Crippen molar-refractivity contribution in [1.29, 1.82) is 5.26 Å². The zero-order chi connectivity index (χ0) is 19.8. The SMILES string of the molecule is COCc1cc([C@H]2C(C#N)=C(N)OC3=C2C(=O)CC(C)(C)C3)ccc1OC. The largest absolute Gasteiger partial charge is 0.496 e. The number of benzene rings is 1. The van der Waals surface area contributed by atoms with Gasteiger partial charge >= 0.3 is 0 Å². The van der Waals surface area contributed by atoms with Gasteiger partial charge in [0.2, 0.25) is 5.88 Å². The third-order valence-corrected chi connectivity index (χ3v) is 5.01. The average molecular weight is 368 g/mol. The first-order chi connectivity index (χ1) is 12.8. The number of carbonyl (C=O) groups is 1. The van der Waals surface area contributed by atoms with Crippen LogP contribution in [0, 0.1) is 16.7 Å². The van der Waals surface area contributed by atoms with Gasteiger partial charge in [0.15, 0.2) is 5.78 Å². The van der Waals surface area contributed by atoms with Crippen molar-refractivity contribution in [2.24, 2.45) is 11.1 Å². The van der Waals surface area contributed by atoms with Crippen LogP contribution in [0.5, 0.6) is 5.75 Å². The Balaban J connectivity index is 2.17. The maximum Gasteiger partial charge on any atom is 0.205 e. The summed E-state index contributed by atoms with van der Waals surface area (Å²) in [5.41, 5.74) is 8.28. The van der Waals surface area contributed by atoms with Crippen LogP contribution < -0.4 is 10.5 Å². The molecule has 27 heavy (non-hydrogen) atoms. The van der Waals surface area contributed by atoms with Gasteiger partial charge < -0.3 is 19.9 Å². The van der Waals surface area contributed by atoms with Gasteiger partial charge in [0.05, 0.1) is 19.6 Å². The van der Waals surface area contributed by atoms with Crippen LogP contribution in [0.4, 0.5) is 0 Å². The molecule has 3 rings (SSSR count). The topological polar surface area (TPSA) is 94.6 Å². The first-order valence-corrected chi connectivity index (χ1v) is 8.81. The lowest BCUT2D eigenvalue weighted by atomic mass is 9.70. The van der Waals surface area contributed by atoms with Gasteiger partial charge in [-0.3, -0.25) is 4.79 Å². The van der Waals surface area contributed by atoms with Crippen molar-refractivity contribution in [2.45, 2.75) is 39.2 Å². The number of allylic oxidation sites excluding steroid dienone is 3. The molecule has 0 unspecified atom stereocenters. The summed E-state index contributed by atoms with van der Waals surface area (Å²) in [4.78, 5) is 13.0. The molecule has 0 bridgehead atoms. The van der Waals surface area contributed by atoms with Crippen molar-refractivity contribution in [3.05, 3.63) is 52.1 Å². The van der Waals surface area contributed by atoms with Crippen LogP contribution in [0.25, 0.3) is 0 Å². The van der Waals surface area contributed by atoms with E-state index in [0.29, 0.717) is 36.5 Å². The van der Waals surface area contributed by atoms with Crippen molar-refractivity contribution >= 4 is 5.78 Å². The van der Waals surface area contributed by atoms with Gasteiger partial charge in [0.1, 0.15) is 23.2 Å². The fraction of sp³-hybridized carbons (Fsp3) is 0.429. The van der Waals surface area contributed by atoms with Crippen molar-refractivity contribution in [2.75, 3.05) is 14.2 Å². The van der Waals surface area contributed by atoms with E-state index in [-0.39, 0.29) is 22.7 Å². The number of methoxy groups -OCH3 is 2. The number of nitriles is 1. The van der Waals surface area contributed by atoms with Crippen LogP contribution in [0.15, 0.2) is 41.0 Å². The number of nitrogens with zero attached hydrogens (tertiary/aromatic N) is 1. The Bertz CT molecular complexity index is 890. The molecule has 1 aliphatic carbocycles. The molecule has 1 aliphatic heterocycles. The van der Waals surface area contributed by atoms with Crippen LogP contribution >= 0.6 is 0 Å². The number of rotatable bonds is 4. The molecule has 1 heterocycles. The monoisotopic (exact) mass is 368 g/mol. The van der Waals surface area contributed by atoms with E-state index < -0.39 is 5.92 Å². The quantitative estimate of drug-likeness (QED) is 0.876. The van der Waals surface area contributed by atoms with E-state index in [1.807, 2.05) is 32.0 Å². The van der Waals surface area contributed by atoms with Gasteiger partial charge in [-0.25, -0.2) is 0 Å². The molecule has 0 aromatic heterocycles. The minimum atomic E-state index is -0.538. The zero-order valence-electron chi connectivity index (χ0n) is 16.1. The van der Waals surface area contributed by atoms with E-state index in [9.17, 15) is 10.1 Å². The van der Waals surface area contributed by atoms with Gasteiger partial charge in [-0.1, -0.05) is 19.9 Å². The molecule has 2 aliphatic rings. The van der Waals surface area contributed by atoms with Crippen molar-refractivity contribution < 1.29 is 19.0 Å². The lowest BCUT2D eigenvalue weighted by Gasteiger charge is -2.37. The Morgan fingerprint density at radius 3 is 2.70 bits per heavy atom. The summed E-state index contributed by atoms with van der Waals surface area (Å²) in [6.07, 6.45) is 1.01. The maximum absolute atomic E-state index is 13.0. The van der Waals surface area contributed by atoms with Crippen LogP contribution in [-0.2, 0) is 20.9 Å². The fourth-order valence-corrected chi connectivity index (χ4v) is 3.86. The van der Waals surface area contributed by atoms with Crippen LogP contribution in [-0.4, -0.2) is 20.0 Å². The number of hydrogen-bond donors (Lipinski definition) is 1. The fourth-order valence-electron chi connectivity index (χ4n) is 3.86. The number of nitrogens with two attached hydrogens (primary N) is 1. The molecular formula is C21H24N2O4. The Labute approximate surface area is 159 Å². The Morgan fingerprint density at radius 2 is 2.07 bits per heavy atom. The third kappa shape index (κ3) is 3.43. The molecule has 2 N–H and O–H groups in total. The molecule has 0 radical (unpaired) electrons. The molecule has 0 spiro atoms. The third-order valence-electron chi connectivity index (χ3n) is 5.01. The van der Waals surface area contributed by atoms with Gasteiger partial charge in [0.25, 0.3) is 0 Å². The predicted molar refractivity (Wildman–Crippen MR) is 99.4 cm³/mol. The molecule has 0 amide bonds. The molecule has 1 aromatic carbocycles. The van der Waals surface area contributed by atoms with Gasteiger partial charge in [-0.05, 0) is 23.1 Å². The Kier molecular flexibility index (Phi) is 4.99. The van der Waals surface area contributed by atoms with Crippen LogP contribution in [0.2, 0.25) is 0 Å². The highest BCUT2D eigenvalue weighted by Gasteiger charge is 2.43. The molecule has 0 saturated carbocycles. The van der Waals surface area contributed by atoms with Crippen molar-refractivity contribution in [3.8, 4) is 11.8 Å². The number of ketones is 1. The predicted octanol–water partition coefficient (Wildman–Crippen LogP) is 3.29. The number of ether oxygens (including phenoxy) is 3. The highest BCUT2D eigenvalue weighted by atomic mass is 16.5. The molecule has 0 fully saturated rings. The van der Waals surface area contributed by atoms with Gasteiger partial charge in [-0.15, -0.1) is 0 Å². The first kappa shape index (κ1) is 19.0. The highest BCUT2D eigenvalue weighted by molar-refractivity contribution is 6.00. The summed E-state index contributed by atoms with van der Waals surface area (Å²) in [7, 11) is 3.20. The second-order valence-electron chi connectivity index (χ2n) is 7.71. The Morgan fingerprint density at radius 1 is 1.33 bits per heavy atom. The smallest absolute Gasteiger partial charge is 0.205 e. The molecular weight excluding hydrogens is 344 g/mol. The lowest BCUT2D eigenvalue weighted by molar-refractivity contribution is -0.119. The zero-order valence-corrected chi connectivity index (χ0v) is 16.1.